The topological polar surface area (TPSA) is 75.9 Å². The highest BCUT2D eigenvalue weighted by atomic mass is 32.1. The largest absolute Gasteiger partial charge is 0.353 e. The van der Waals surface area contributed by atoms with Crippen LogP contribution in [0, 0.1) is 13.8 Å². The molecule has 0 saturated heterocycles. The van der Waals surface area contributed by atoms with E-state index in [0.29, 0.717) is 23.4 Å². The molecule has 0 bridgehead atoms. The van der Waals surface area contributed by atoms with E-state index in [1.54, 1.807) is 6.20 Å². The van der Waals surface area contributed by atoms with Crippen LogP contribution < -0.4 is 10.6 Å². The molecular formula is C17H17N5OS. The molecule has 3 aromatic rings. The zero-order valence-corrected chi connectivity index (χ0v) is 14.2. The Hall–Kier alpha value is -2.80. The third kappa shape index (κ3) is 3.75. The molecule has 0 aliphatic rings. The lowest BCUT2D eigenvalue weighted by Crippen LogP contribution is -2.28. The smallest absolute Gasteiger partial charge is 0.246 e. The van der Waals surface area contributed by atoms with E-state index in [0.717, 1.165) is 22.5 Å². The zero-order chi connectivity index (χ0) is 16.9. The summed E-state index contributed by atoms with van der Waals surface area (Å²) in [5, 5.41) is 10.6. The van der Waals surface area contributed by atoms with E-state index in [4.69, 9.17) is 16.7 Å². The van der Waals surface area contributed by atoms with Crippen molar-refractivity contribution in [1.29, 1.82) is 0 Å². The summed E-state index contributed by atoms with van der Waals surface area (Å²) in [6.07, 6.45) is 1.71. The Kier molecular flexibility index (Phi) is 4.81. The monoisotopic (exact) mass is 339 g/mol. The van der Waals surface area contributed by atoms with Crippen molar-refractivity contribution in [2.24, 2.45) is 0 Å². The quantitative estimate of drug-likeness (QED) is 0.707. The fraction of sp³-hybridized carbons (Fsp3) is 0.176. The molecule has 0 aliphatic heterocycles. The molecule has 2 heterocycles. The van der Waals surface area contributed by atoms with Gasteiger partial charge >= 0.3 is 0 Å². The number of nitrogens with one attached hydrogen (secondary N) is 2. The number of aromatic nitrogens is 3. The van der Waals surface area contributed by atoms with Gasteiger partial charge in [0.25, 0.3) is 0 Å². The molecular weight excluding hydrogens is 322 g/mol. The second kappa shape index (κ2) is 7.18. The second-order valence-corrected chi connectivity index (χ2v) is 5.71. The van der Waals surface area contributed by atoms with Crippen molar-refractivity contribution >= 4 is 23.1 Å². The summed E-state index contributed by atoms with van der Waals surface area (Å²) >= 11 is 5.26. The highest BCUT2D eigenvalue weighted by Crippen LogP contribution is 2.19. The maximum Gasteiger partial charge on any atom is 0.246 e. The fourth-order valence-electron chi connectivity index (χ4n) is 2.18. The average molecular weight is 339 g/mol. The maximum absolute atomic E-state index is 5.27. The molecule has 0 spiro atoms. The molecule has 2 aromatic heterocycles. The van der Waals surface area contributed by atoms with E-state index < -0.39 is 0 Å². The first-order valence-corrected chi connectivity index (χ1v) is 7.89. The van der Waals surface area contributed by atoms with Gasteiger partial charge in [-0.15, -0.1) is 0 Å². The van der Waals surface area contributed by atoms with Crippen LogP contribution in [0.1, 0.15) is 17.0 Å². The van der Waals surface area contributed by atoms with Crippen LogP contribution in [0.2, 0.25) is 0 Å². The van der Waals surface area contributed by atoms with Crippen molar-refractivity contribution in [3.8, 4) is 11.4 Å². The molecule has 7 heteroatoms. The Balaban J connectivity index is 1.61. The maximum atomic E-state index is 5.27. The number of thiocarbonyl (C=S) groups is 1. The second-order valence-electron chi connectivity index (χ2n) is 5.30. The predicted octanol–water partition coefficient (Wildman–Crippen LogP) is 3.24. The van der Waals surface area contributed by atoms with Gasteiger partial charge in [-0.25, -0.2) is 4.98 Å². The van der Waals surface area contributed by atoms with Crippen molar-refractivity contribution < 1.29 is 4.52 Å². The molecule has 0 amide bonds. The van der Waals surface area contributed by atoms with Gasteiger partial charge < -0.3 is 15.2 Å². The van der Waals surface area contributed by atoms with Gasteiger partial charge in [0, 0.05) is 11.8 Å². The summed E-state index contributed by atoms with van der Waals surface area (Å²) in [6.45, 7) is 4.32. The number of pyridine rings is 1. The number of anilines is 1. The number of hydrogen-bond acceptors (Lipinski definition) is 5. The van der Waals surface area contributed by atoms with Crippen LogP contribution in [-0.2, 0) is 6.54 Å². The molecule has 0 saturated carbocycles. The van der Waals surface area contributed by atoms with Crippen LogP contribution in [0.3, 0.4) is 0 Å². The molecule has 6 nitrogen and oxygen atoms in total. The van der Waals surface area contributed by atoms with Gasteiger partial charge in [0.05, 0.1) is 6.54 Å². The first-order chi connectivity index (χ1) is 11.6. The average Bonchev–Trinajstić information content (AvgIpc) is 3.04. The van der Waals surface area contributed by atoms with Crippen LogP contribution in [-0.4, -0.2) is 20.2 Å². The normalized spacial score (nSPS) is 10.4. The van der Waals surface area contributed by atoms with Gasteiger partial charge in [0.15, 0.2) is 5.11 Å². The first kappa shape index (κ1) is 16.1. The van der Waals surface area contributed by atoms with Crippen LogP contribution in [0.25, 0.3) is 11.4 Å². The fourth-order valence-corrected chi connectivity index (χ4v) is 2.35. The van der Waals surface area contributed by atoms with Crippen LogP contribution in [0.15, 0.2) is 47.1 Å². The van der Waals surface area contributed by atoms with Gasteiger partial charge in [-0.2, -0.15) is 4.98 Å². The molecule has 1 aromatic carbocycles. The Morgan fingerprint density at radius 1 is 1.12 bits per heavy atom. The highest BCUT2D eigenvalue weighted by molar-refractivity contribution is 7.80. The number of benzene rings is 1. The summed E-state index contributed by atoms with van der Waals surface area (Å²) in [7, 11) is 0. The molecule has 24 heavy (non-hydrogen) atoms. The van der Waals surface area contributed by atoms with Gasteiger partial charge in [-0.05, 0) is 43.3 Å². The molecule has 0 fully saturated rings. The predicted molar refractivity (Wildman–Crippen MR) is 96.5 cm³/mol. The van der Waals surface area contributed by atoms with Gasteiger partial charge in [0.2, 0.25) is 11.7 Å². The molecule has 122 valence electrons. The van der Waals surface area contributed by atoms with Crippen molar-refractivity contribution in [3.63, 3.8) is 0 Å². The van der Waals surface area contributed by atoms with E-state index in [-0.39, 0.29) is 0 Å². The van der Waals surface area contributed by atoms with E-state index >= 15 is 0 Å². The van der Waals surface area contributed by atoms with Crippen LogP contribution in [0.5, 0.6) is 0 Å². The Bertz CT molecular complexity index is 861. The summed E-state index contributed by atoms with van der Waals surface area (Å²) in [6, 6.07) is 11.7. The molecule has 3 rings (SSSR count). The van der Waals surface area contributed by atoms with E-state index in [1.807, 2.05) is 50.2 Å². The summed E-state index contributed by atoms with van der Waals surface area (Å²) in [5.41, 5.74) is 3.07. The van der Waals surface area contributed by atoms with Gasteiger partial charge in [-0.3, -0.25) is 0 Å². The van der Waals surface area contributed by atoms with E-state index in [1.165, 1.54) is 0 Å². The minimum atomic E-state index is 0.344. The van der Waals surface area contributed by atoms with Crippen LogP contribution in [0.4, 0.5) is 5.82 Å². The first-order valence-electron chi connectivity index (χ1n) is 7.48. The number of nitrogens with zero attached hydrogens (tertiary/aromatic N) is 3. The number of rotatable bonds is 4. The molecule has 0 radical (unpaired) electrons. The van der Waals surface area contributed by atoms with Gasteiger partial charge in [0.1, 0.15) is 5.82 Å². The minimum absolute atomic E-state index is 0.344. The van der Waals surface area contributed by atoms with Gasteiger partial charge in [-0.1, -0.05) is 35.5 Å². The van der Waals surface area contributed by atoms with Crippen molar-refractivity contribution in [1.82, 2.24) is 20.4 Å². The summed E-state index contributed by atoms with van der Waals surface area (Å²) in [4.78, 5) is 8.63. The number of aryl methyl sites for hydroxylation is 2. The molecule has 0 unspecified atom stereocenters. The Labute approximate surface area is 145 Å². The molecule has 0 aliphatic carbocycles. The lowest BCUT2D eigenvalue weighted by Gasteiger charge is -2.09. The third-order valence-corrected chi connectivity index (χ3v) is 3.74. The van der Waals surface area contributed by atoms with Crippen molar-refractivity contribution in [2.45, 2.75) is 20.4 Å². The lowest BCUT2D eigenvalue weighted by molar-refractivity contribution is 0.376. The standard InChI is InChI=1S/C17H17N5OS/c1-11-6-3-4-8-13(11)16-20-14(23-22-16)10-19-17(24)21-15-12(2)7-5-9-18-15/h3-9H,10H2,1-2H3,(H2,18,19,21,24). The van der Waals surface area contributed by atoms with Crippen LogP contribution >= 0.6 is 12.2 Å². The zero-order valence-electron chi connectivity index (χ0n) is 13.4. The van der Waals surface area contributed by atoms with E-state index in [2.05, 4.69) is 25.8 Å². The SMILES string of the molecule is Cc1ccccc1-c1noc(CNC(=S)Nc2ncccc2C)n1. The van der Waals surface area contributed by atoms with Crippen molar-refractivity contribution in [2.75, 3.05) is 5.32 Å². The Morgan fingerprint density at radius 2 is 1.92 bits per heavy atom. The highest BCUT2D eigenvalue weighted by Gasteiger charge is 2.11. The number of hydrogen-bond donors (Lipinski definition) is 2. The third-order valence-electron chi connectivity index (χ3n) is 3.50. The van der Waals surface area contributed by atoms with Crippen molar-refractivity contribution in [3.05, 3.63) is 59.6 Å². The Morgan fingerprint density at radius 3 is 2.71 bits per heavy atom. The van der Waals surface area contributed by atoms with E-state index in [9.17, 15) is 0 Å². The summed E-state index contributed by atoms with van der Waals surface area (Å²) in [5.74, 6) is 1.76. The molecule has 2 N–H and O–H groups in total. The summed E-state index contributed by atoms with van der Waals surface area (Å²) < 4.78 is 5.27. The lowest BCUT2D eigenvalue weighted by atomic mass is 10.1. The minimum Gasteiger partial charge on any atom is -0.353 e. The molecule has 0 atom stereocenters.